The Morgan fingerprint density at radius 2 is 2.04 bits per heavy atom. The Morgan fingerprint density at radius 3 is 2.65 bits per heavy atom. The number of aliphatic hydroxyl groups is 1. The predicted molar refractivity (Wildman–Crippen MR) is 98.2 cm³/mol. The summed E-state index contributed by atoms with van der Waals surface area (Å²) in [5, 5.41) is 10.0. The van der Waals surface area contributed by atoms with Crippen LogP contribution in [0.4, 0.5) is 0 Å². The second kappa shape index (κ2) is 6.86. The molecule has 2 saturated heterocycles. The topological polar surface area (TPSA) is 59.0 Å². The van der Waals surface area contributed by atoms with Gasteiger partial charge in [0.1, 0.15) is 5.75 Å². The van der Waals surface area contributed by atoms with Gasteiger partial charge in [0.15, 0.2) is 0 Å². The molecule has 4 rings (SSSR count). The third-order valence-corrected chi connectivity index (χ3v) is 6.92. The molecule has 3 fully saturated rings. The number of likely N-dealkylation sites (tertiary alicyclic amines) is 1. The highest BCUT2D eigenvalue weighted by molar-refractivity contribution is 5.89. The van der Waals surface area contributed by atoms with E-state index in [1.807, 2.05) is 17.0 Å². The number of methoxy groups -OCH3 is 1. The summed E-state index contributed by atoms with van der Waals surface area (Å²) in [5.41, 5.74) is 0.412. The molecule has 2 atom stereocenters. The number of hydrogen-bond donors (Lipinski definition) is 1. The van der Waals surface area contributed by atoms with Crippen LogP contribution >= 0.6 is 0 Å². The number of fused-ring (bicyclic) bond motifs is 1. The van der Waals surface area contributed by atoms with Crippen LogP contribution in [0.15, 0.2) is 24.3 Å². The second-order valence-corrected chi connectivity index (χ2v) is 8.26. The van der Waals surface area contributed by atoms with Crippen LogP contribution in [0.3, 0.4) is 0 Å². The summed E-state index contributed by atoms with van der Waals surface area (Å²) >= 11 is 0. The molecule has 0 unspecified atom stereocenters. The zero-order valence-corrected chi connectivity index (χ0v) is 15.6. The monoisotopic (exact) mass is 359 g/mol. The zero-order chi connectivity index (χ0) is 18.2. The third-order valence-electron chi connectivity index (χ3n) is 6.92. The second-order valence-electron chi connectivity index (χ2n) is 8.26. The van der Waals surface area contributed by atoms with Crippen LogP contribution in [0.2, 0.25) is 0 Å². The van der Waals surface area contributed by atoms with Crippen LogP contribution in [0, 0.1) is 11.3 Å². The van der Waals surface area contributed by atoms with E-state index < -0.39 is 5.41 Å². The van der Waals surface area contributed by atoms with Gasteiger partial charge in [-0.3, -0.25) is 4.79 Å². The SMILES string of the molecule is COc1ccc(C2(C(=O)N3C[C@@H]4CCOC[C@]4(CO)C3)CCCC2)cc1. The first-order chi connectivity index (χ1) is 12.6. The minimum atomic E-state index is -0.419. The molecule has 5 nitrogen and oxygen atoms in total. The molecule has 0 radical (unpaired) electrons. The molecular weight excluding hydrogens is 330 g/mol. The molecule has 3 aliphatic rings. The Morgan fingerprint density at radius 1 is 1.31 bits per heavy atom. The van der Waals surface area contributed by atoms with Gasteiger partial charge >= 0.3 is 0 Å². The van der Waals surface area contributed by atoms with Crippen molar-refractivity contribution >= 4 is 5.91 Å². The van der Waals surface area contributed by atoms with Gasteiger partial charge in [-0.1, -0.05) is 25.0 Å². The van der Waals surface area contributed by atoms with Crippen LogP contribution in [0.5, 0.6) is 5.75 Å². The molecule has 1 aromatic carbocycles. The molecule has 0 spiro atoms. The highest BCUT2D eigenvalue weighted by Gasteiger charge is 2.53. The first kappa shape index (κ1) is 17.8. The molecular formula is C21H29NO4. The summed E-state index contributed by atoms with van der Waals surface area (Å²) < 4.78 is 10.9. The number of carbonyl (C=O) groups is 1. The number of ether oxygens (including phenoxy) is 2. The minimum Gasteiger partial charge on any atom is -0.497 e. The first-order valence-corrected chi connectivity index (χ1v) is 9.76. The molecule has 0 aromatic heterocycles. The van der Waals surface area contributed by atoms with Gasteiger partial charge in [0, 0.05) is 25.1 Å². The van der Waals surface area contributed by atoms with Crippen molar-refractivity contribution in [1.29, 1.82) is 0 Å². The molecule has 1 saturated carbocycles. The maximum absolute atomic E-state index is 13.7. The van der Waals surface area contributed by atoms with Gasteiger partial charge < -0.3 is 19.5 Å². The fourth-order valence-electron chi connectivity index (χ4n) is 5.29. The number of carbonyl (C=O) groups excluding carboxylic acids is 1. The van der Waals surface area contributed by atoms with Crippen LogP contribution in [-0.2, 0) is 14.9 Å². The van der Waals surface area contributed by atoms with Gasteiger partial charge in [0.2, 0.25) is 5.91 Å². The number of benzene rings is 1. The molecule has 0 bridgehead atoms. The zero-order valence-electron chi connectivity index (χ0n) is 15.6. The minimum absolute atomic E-state index is 0.0942. The summed E-state index contributed by atoms with van der Waals surface area (Å²) in [6.45, 7) is 2.76. The van der Waals surface area contributed by atoms with E-state index in [1.54, 1.807) is 7.11 Å². The van der Waals surface area contributed by atoms with E-state index in [0.717, 1.165) is 56.6 Å². The van der Waals surface area contributed by atoms with Crippen LogP contribution in [0.1, 0.15) is 37.7 Å². The quantitative estimate of drug-likeness (QED) is 0.897. The molecule has 142 valence electrons. The number of aliphatic hydroxyl groups excluding tert-OH is 1. The molecule has 1 aliphatic carbocycles. The highest BCUT2D eigenvalue weighted by atomic mass is 16.5. The summed E-state index contributed by atoms with van der Waals surface area (Å²) in [6.07, 6.45) is 4.91. The van der Waals surface area contributed by atoms with Crippen molar-refractivity contribution in [2.24, 2.45) is 11.3 Å². The Labute approximate surface area is 155 Å². The maximum Gasteiger partial charge on any atom is 0.233 e. The van der Waals surface area contributed by atoms with Gasteiger partial charge in [0.05, 0.1) is 25.7 Å². The molecule has 1 aromatic rings. The van der Waals surface area contributed by atoms with Crippen LogP contribution in [-0.4, -0.2) is 55.9 Å². The molecule has 5 heteroatoms. The van der Waals surface area contributed by atoms with E-state index in [2.05, 4.69) is 12.1 Å². The smallest absolute Gasteiger partial charge is 0.233 e. The molecule has 26 heavy (non-hydrogen) atoms. The lowest BCUT2D eigenvalue weighted by Crippen LogP contribution is -2.46. The van der Waals surface area contributed by atoms with E-state index in [9.17, 15) is 9.90 Å². The Hall–Kier alpha value is -1.59. The Balaban J connectivity index is 1.62. The Bertz CT molecular complexity index is 652. The lowest BCUT2D eigenvalue weighted by atomic mass is 9.76. The lowest BCUT2D eigenvalue weighted by Gasteiger charge is -2.36. The molecule has 1 amide bonds. The van der Waals surface area contributed by atoms with Crippen molar-refractivity contribution in [3.63, 3.8) is 0 Å². The summed E-state index contributed by atoms with van der Waals surface area (Å²) in [6, 6.07) is 8.01. The van der Waals surface area contributed by atoms with Crippen molar-refractivity contribution < 1.29 is 19.4 Å². The summed E-state index contributed by atoms with van der Waals surface area (Å²) in [7, 11) is 1.66. The van der Waals surface area contributed by atoms with Crippen LogP contribution in [0.25, 0.3) is 0 Å². The average molecular weight is 359 g/mol. The van der Waals surface area contributed by atoms with Crippen molar-refractivity contribution in [3.8, 4) is 5.75 Å². The van der Waals surface area contributed by atoms with Crippen molar-refractivity contribution in [1.82, 2.24) is 4.90 Å². The van der Waals surface area contributed by atoms with Crippen molar-refractivity contribution in [2.45, 2.75) is 37.5 Å². The van der Waals surface area contributed by atoms with E-state index in [4.69, 9.17) is 9.47 Å². The predicted octanol–water partition coefficient (Wildman–Crippen LogP) is 2.36. The average Bonchev–Trinajstić information content (AvgIpc) is 3.33. The molecule has 2 heterocycles. The number of hydrogen-bond acceptors (Lipinski definition) is 4. The van der Waals surface area contributed by atoms with E-state index >= 15 is 0 Å². The third kappa shape index (κ3) is 2.72. The fraction of sp³-hybridized carbons (Fsp3) is 0.667. The largest absolute Gasteiger partial charge is 0.497 e. The van der Waals surface area contributed by atoms with Gasteiger partial charge in [-0.25, -0.2) is 0 Å². The Kier molecular flexibility index (Phi) is 4.70. The molecule has 1 N–H and O–H groups in total. The molecule has 2 aliphatic heterocycles. The van der Waals surface area contributed by atoms with Gasteiger partial charge in [0.25, 0.3) is 0 Å². The standard InChI is InChI=1S/C21H29NO4/c1-25-18-6-4-16(5-7-18)21(9-2-3-10-21)19(24)22-12-17-8-11-26-15-20(17,13-22)14-23/h4-7,17,23H,2-3,8-15H2,1H3/t17-,20+/m0/s1. The maximum atomic E-state index is 13.7. The van der Waals surface area contributed by atoms with Gasteiger partial charge in [-0.15, -0.1) is 0 Å². The number of nitrogens with zero attached hydrogens (tertiary/aromatic N) is 1. The first-order valence-electron chi connectivity index (χ1n) is 9.76. The van der Waals surface area contributed by atoms with Gasteiger partial charge in [-0.05, 0) is 42.9 Å². The fourth-order valence-corrected chi connectivity index (χ4v) is 5.29. The van der Waals surface area contributed by atoms with Gasteiger partial charge in [-0.2, -0.15) is 0 Å². The van der Waals surface area contributed by atoms with E-state index in [-0.39, 0.29) is 17.9 Å². The highest BCUT2D eigenvalue weighted by Crippen LogP contribution is 2.47. The lowest BCUT2D eigenvalue weighted by molar-refractivity contribution is -0.137. The summed E-state index contributed by atoms with van der Waals surface area (Å²) in [4.78, 5) is 15.7. The number of amides is 1. The van der Waals surface area contributed by atoms with E-state index in [0.29, 0.717) is 19.1 Å². The van der Waals surface area contributed by atoms with Crippen molar-refractivity contribution in [2.75, 3.05) is 40.0 Å². The number of rotatable bonds is 4. The normalized spacial score (nSPS) is 30.2. The summed E-state index contributed by atoms with van der Waals surface area (Å²) in [5.74, 6) is 1.40. The van der Waals surface area contributed by atoms with E-state index in [1.165, 1.54) is 0 Å². The van der Waals surface area contributed by atoms with Crippen molar-refractivity contribution in [3.05, 3.63) is 29.8 Å². The van der Waals surface area contributed by atoms with Crippen LogP contribution < -0.4 is 4.74 Å².